The van der Waals surface area contributed by atoms with E-state index in [4.69, 9.17) is 5.11 Å². The summed E-state index contributed by atoms with van der Waals surface area (Å²) < 4.78 is 0. The van der Waals surface area contributed by atoms with Crippen LogP contribution in [-0.4, -0.2) is 51.8 Å². The Labute approximate surface area is 153 Å². The molecule has 0 aliphatic carbocycles. The van der Waals surface area contributed by atoms with Gasteiger partial charge in [0.2, 0.25) is 11.8 Å². The monoisotopic (exact) mass is 358 g/mol. The molecule has 140 valence electrons. The standard InChI is InChI=1S/C20H26N2O4/c1-14-2-4-16(5-3-14)13-22-17(6-7-18(22)23)20(26)21-10-8-15(9-11-21)12-19(24)25/h2-5,15,17H,6-13H2,1H3,(H,24,25). The van der Waals surface area contributed by atoms with Crippen LogP contribution in [0.3, 0.4) is 0 Å². The van der Waals surface area contributed by atoms with Gasteiger partial charge in [0.25, 0.3) is 0 Å². The number of hydrogen-bond donors (Lipinski definition) is 1. The zero-order chi connectivity index (χ0) is 18.7. The number of aliphatic carboxylic acids is 1. The van der Waals surface area contributed by atoms with Crippen LogP contribution >= 0.6 is 0 Å². The van der Waals surface area contributed by atoms with Gasteiger partial charge in [0.05, 0.1) is 0 Å². The van der Waals surface area contributed by atoms with Crippen molar-refractivity contribution in [2.75, 3.05) is 13.1 Å². The topological polar surface area (TPSA) is 77.9 Å². The molecule has 2 aliphatic heterocycles. The van der Waals surface area contributed by atoms with Crippen molar-refractivity contribution in [2.24, 2.45) is 5.92 Å². The maximum absolute atomic E-state index is 12.9. The van der Waals surface area contributed by atoms with E-state index in [9.17, 15) is 14.4 Å². The molecule has 26 heavy (non-hydrogen) atoms. The van der Waals surface area contributed by atoms with E-state index in [-0.39, 0.29) is 30.2 Å². The van der Waals surface area contributed by atoms with Gasteiger partial charge < -0.3 is 14.9 Å². The number of amides is 2. The minimum atomic E-state index is -0.777. The number of hydrogen-bond acceptors (Lipinski definition) is 3. The number of aryl methyl sites for hydroxylation is 1. The molecule has 0 bridgehead atoms. The Morgan fingerprint density at radius 2 is 1.77 bits per heavy atom. The molecule has 2 fully saturated rings. The molecule has 1 aromatic carbocycles. The number of carboxylic acid groups (broad SMARTS) is 1. The van der Waals surface area contributed by atoms with Gasteiger partial charge in [-0.05, 0) is 37.7 Å². The first-order valence-electron chi connectivity index (χ1n) is 9.29. The molecule has 6 heteroatoms. The maximum atomic E-state index is 12.9. The average molecular weight is 358 g/mol. The second-order valence-corrected chi connectivity index (χ2v) is 7.43. The Hall–Kier alpha value is -2.37. The minimum Gasteiger partial charge on any atom is -0.481 e. The number of benzene rings is 1. The van der Waals surface area contributed by atoms with Gasteiger partial charge in [0.1, 0.15) is 6.04 Å². The summed E-state index contributed by atoms with van der Waals surface area (Å²) in [6.07, 6.45) is 2.59. The number of carboxylic acids is 1. The highest BCUT2D eigenvalue weighted by Gasteiger charge is 2.39. The lowest BCUT2D eigenvalue weighted by Gasteiger charge is -2.35. The van der Waals surface area contributed by atoms with E-state index in [1.807, 2.05) is 36.1 Å². The van der Waals surface area contributed by atoms with Crippen molar-refractivity contribution in [3.63, 3.8) is 0 Å². The molecule has 2 saturated heterocycles. The summed E-state index contributed by atoms with van der Waals surface area (Å²) in [6, 6.07) is 7.64. The van der Waals surface area contributed by atoms with E-state index in [0.717, 1.165) is 18.4 Å². The van der Waals surface area contributed by atoms with Crippen molar-refractivity contribution < 1.29 is 19.5 Å². The Morgan fingerprint density at radius 3 is 2.38 bits per heavy atom. The van der Waals surface area contributed by atoms with Crippen molar-refractivity contribution in [2.45, 2.75) is 51.6 Å². The third kappa shape index (κ3) is 4.23. The van der Waals surface area contributed by atoms with Crippen LogP contribution in [0.1, 0.15) is 43.2 Å². The smallest absolute Gasteiger partial charge is 0.303 e. The third-order valence-corrected chi connectivity index (χ3v) is 5.48. The molecule has 1 unspecified atom stereocenters. The molecule has 0 aromatic heterocycles. The van der Waals surface area contributed by atoms with Crippen LogP contribution in [-0.2, 0) is 20.9 Å². The van der Waals surface area contributed by atoms with E-state index in [2.05, 4.69) is 0 Å². The average Bonchev–Trinajstić information content (AvgIpc) is 2.97. The summed E-state index contributed by atoms with van der Waals surface area (Å²) in [6.45, 7) is 3.65. The first-order valence-corrected chi connectivity index (χ1v) is 9.29. The van der Waals surface area contributed by atoms with E-state index in [1.165, 1.54) is 5.56 Å². The van der Waals surface area contributed by atoms with Crippen LogP contribution in [0.4, 0.5) is 0 Å². The molecule has 2 amide bonds. The number of rotatable bonds is 5. The molecule has 0 radical (unpaired) electrons. The summed E-state index contributed by atoms with van der Waals surface area (Å²) in [5.74, 6) is -0.590. The Bertz CT molecular complexity index is 678. The molecular weight excluding hydrogens is 332 g/mol. The minimum absolute atomic E-state index is 0.0109. The second-order valence-electron chi connectivity index (χ2n) is 7.43. The highest BCUT2D eigenvalue weighted by atomic mass is 16.4. The first kappa shape index (κ1) is 18.4. The lowest BCUT2D eigenvalue weighted by atomic mass is 9.93. The molecule has 0 saturated carbocycles. The fourth-order valence-corrected chi connectivity index (χ4v) is 3.89. The number of nitrogens with zero attached hydrogens (tertiary/aromatic N) is 2. The molecular formula is C20H26N2O4. The molecule has 0 spiro atoms. The lowest BCUT2D eigenvalue weighted by molar-refractivity contribution is -0.143. The van der Waals surface area contributed by atoms with E-state index >= 15 is 0 Å². The van der Waals surface area contributed by atoms with E-state index < -0.39 is 5.97 Å². The second kappa shape index (κ2) is 7.89. The number of piperidine rings is 1. The van der Waals surface area contributed by atoms with Gasteiger partial charge in [0.15, 0.2) is 0 Å². The molecule has 6 nitrogen and oxygen atoms in total. The summed E-state index contributed by atoms with van der Waals surface area (Å²) in [5, 5.41) is 8.91. The number of likely N-dealkylation sites (tertiary alicyclic amines) is 2. The zero-order valence-corrected chi connectivity index (χ0v) is 15.2. The molecule has 1 aromatic rings. The van der Waals surface area contributed by atoms with Gasteiger partial charge in [-0.1, -0.05) is 29.8 Å². The normalized spacial score (nSPS) is 21.3. The molecule has 2 heterocycles. The zero-order valence-electron chi connectivity index (χ0n) is 15.2. The number of carbonyl (C=O) groups is 3. The first-order chi connectivity index (χ1) is 12.4. The van der Waals surface area contributed by atoms with E-state index in [1.54, 1.807) is 4.90 Å². The summed E-state index contributed by atoms with van der Waals surface area (Å²) in [7, 11) is 0. The van der Waals surface area contributed by atoms with Gasteiger partial charge in [-0.2, -0.15) is 0 Å². The Kier molecular flexibility index (Phi) is 5.59. The highest BCUT2D eigenvalue weighted by molar-refractivity contribution is 5.91. The van der Waals surface area contributed by atoms with Gasteiger partial charge in [0, 0.05) is 32.5 Å². The SMILES string of the molecule is Cc1ccc(CN2C(=O)CCC2C(=O)N2CCC(CC(=O)O)CC2)cc1. The van der Waals surface area contributed by atoms with Gasteiger partial charge in [-0.25, -0.2) is 0 Å². The van der Waals surface area contributed by atoms with Gasteiger partial charge in [-0.3, -0.25) is 14.4 Å². The highest BCUT2D eigenvalue weighted by Crippen LogP contribution is 2.26. The Balaban J connectivity index is 1.61. The molecule has 1 N–H and O–H groups in total. The number of carbonyl (C=O) groups excluding carboxylic acids is 2. The lowest BCUT2D eigenvalue weighted by Crippen LogP contribution is -2.49. The van der Waals surface area contributed by atoms with Crippen molar-refractivity contribution in [3.8, 4) is 0 Å². The van der Waals surface area contributed by atoms with Crippen molar-refractivity contribution in [1.29, 1.82) is 0 Å². The Morgan fingerprint density at radius 1 is 1.12 bits per heavy atom. The van der Waals surface area contributed by atoms with Crippen LogP contribution in [0.5, 0.6) is 0 Å². The fraction of sp³-hybridized carbons (Fsp3) is 0.550. The van der Waals surface area contributed by atoms with Crippen LogP contribution < -0.4 is 0 Å². The van der Waals surface area contributed by atoms with Crippen molar-refractivity contribution in [1.82, 2.24) is 9.80 Å². The quantitative estimate of drug-likeness (QED) is 0.875. The van der Waals surface area contributed by atoms with Crippen molar-refractivity contribution >= 4 is 17.8 Å². The van der Waals surface area contributed by atoms with Gasteiger partial charge in [-0.15, -0.1) is 0 Å². The van der Waals surface area contributed by atoms with Crippen LogP contribution in [0.15, 0.2) is 24.3 Å². The van der Waals surface area contributed by atoms with Crippen LogP contribution in [0, 0.1) is 12.8 Å². The largest absolute Gasteiger partial charge is 0.481 e. The maximum Gasteiger partial charge on any atom is 0.303 e. The van der Waals surface area contributed by atoms with Crippen LogP contribution in [0.2, 0.25) is 0 Å². The fourth-order valence-electron chi connectivity index (χ4n) is 3.89. The molecule has 2 aliphatic rings. The summed E-state index contributed by atoms with van der Waals surface area (Å²) in [4.78, 5) is 39.6. The predicted octanol–water partition coefficient (Wildman–Crippen LogP) is 2.20. The van der Waals surface area contributed by atoms with Crippen LogP contribution in [0.25, 0.3) is 0 Å². The molecule has 1 atom stereocenters. The van der Waals surface area contributed by atoms with Gasteiger partial charge >= 0.3 is 5.97 Å². The summed E-state index contributed by atoms with van der Waals surface area (Å²) >= 11 is 0. The third-order valence-electron chi connectivity index (χ3n) is 5.48. The molecule has 3 rings (SSSR count). The van der Waals surface area contributed by atoms with Crippen molar-refractivity contribution in [3.05, 3.63) is 35.4 Å². The predicted molar refractivity (Wildman–Crippen MR) is 96.3 cm³/mol. The van der Waals surface area contributed by atoms with E-state index in [0.29, 0.717) is 32.5 Å². The summed E-state index contributed by atoms with van der Waals surface area (Å²) in [5.41, 5.74) is 2.20.